The lowest BCUT2D eigenvalue weighted by Crippen LogP contribution is -2.06. The van der Waals surface area contributed by atoms with Crippen molar-refractivity contribution in [3.63, 3.8) is 0 Å². The molecule has 0 aliphatic rings. The van der Waals surface area contributed by atoms with Crippen LogP contribution in [0.1, 0.15) is 0 Å². The molecule has 108 valence electrons. The van der Waals surface area contributed by atoms with Crippen LogP contribution < -0.4 is 5.32 Å². The van der Waals surface area contributed by atoms with Gasteiger partial charge in [-0.3, -0.25) is 9.78 Å². The quantitative estimate of drug-likeness (QED) is 0.748. The van der Waals surface area contributed by atoms with Crippen molar-refractivity contribution in [2.24, 2.45) is 0 Å². The number of amides is 1. The smallest absolute Gasteiger partial charge is 0.266 e. The molecule has 1 aromatic carbocycles. The Balaban J connectivity index is 1.82. The molecule has 22 heavy (non-hydrogen) atoms. The number of anilines is 1. The van der Waals surface area contributed by atoms with E-state index < -0.39 is 0 Å². The molecule has 1 N–H and O–H groups in total. The van der Waals surface area contributed by atoms with Gasteiger partial charge in [-0.15, -0.1) is 10.2 Å². The fraction of sp³-hybridized carbons (Fsp3) is 0. The molecule has 0 aliphatic carbocycles. The molecular formula is C16H12N4O2. The summed E-state index contributed by atoms with van der Waals surface area (Å²) in [5.74, 6) is 0.491. The molecule has 0 atom stereocenters. The minimum atomic E-state index is -0.261. The fourth-order valence-electron chi connectivity index (χ4n) is 1.82. The number of hydrogen-bond acceptors (Lipinski definition) is 5. The second-order valence-corrected chi connectivity index (χ2v) is 4.40. The molecule has 0 spiro atoms. The van der Waals surface area contributed by atoms with Crippen LogP contribution >= 0.6 is 0 Å². The Bertz CT molecular complexity index is 795. The second kappa shape index (κ2) is 6.01. The molecule has 2 heterocycles. The Kier molecular flexibility index (Phi) is 3.74. The monoisotopic (exact) mass is 292 g/mol. The van der Waals surface area contributed by atoms with E-state index in [0.29, 0.717) is 23.2 Å². The van der Waals surface area contributed by atoms with Gasteiger partial charge >= 0.3 is 0 Å². The number of aromatic nitrogens is 3. The first kappa shape index (κ1) is 13.7. The first-order valence-electron chi connectivity index (χ1n) is 6.55. The average Bonchev–Trinajstić information content (AvgIpc) is 3.06. The van der Waals surface area contributed by atoms with Crippen molar-refractivity contribution in [3.8, 4) is 23.0 Å². The van der Waals surface area contributed by atoms with Crippen LogP contribution in [-0.2, 0) is 4.79 Å². The fourth-order valence-corrected chi connectivity index (χ4v) is 1.82. The van der Waals surface area contributed by atoms with E-state index in [9.17, 15) is 4.79 Å². The highest BCUT2D eigenvalue weighted by molar-refractivity contribution is 5.98. The number of rotatable bonds is 4. The third-order valence-corrected chi connectivity index (χ3v) is 2.89. The van der Waals surface area contributed by atoms with Crippen LogP contribution in [0.25, 0.3) is 23.0 Å². The average molecular weight is 292 g/mol. The summed E-state index contributed by atoms with van der Waals surface area (Å²) in [6.45, 7) is 3.40. The minimum absolute atomic E-state index is 0.261. The molecule has 0 radical (unpaired) electrons. The number of pyridine rings is 1. The molecule has 0 unspecified atom stereocenters. The zero-order chi connectivity index (χ0) is 15.4. The van der Waals surface area contributed by atoms with Crippen molar-refractivity contribution in [2.75, 3.05) is 5.32 Å². The lowest BCUT2D eigenvalue weighted by molar-refractivity contribution is -0.111. The van der Waals surface area contributed by atoms with Crippen molar-refractivity contribution >= 4 is 11.6 Å². The van der Waals surface area contributed by atoms with E-state index >= 15 is 0 Å². The Morgan fingerprint density at radius 2 is 1.86 bits per heavy atom. The van der Waals surface area contributed by atoms with Gasteiger partial charge in [-0.1, -0.05) is 12.6 Å². The normalized spacial score (nSPS) is 10.2. The maximum atomic E-state index is 11.2. The Morgan fingerprint density at radius 3 is 2.55 bits per heavy atom. The van der Waals surface area contributed by atoms with Gasteiger partial charge in [0.25, 0.3) is 5.89 Å². The largest absolute Gasteiger partial charge is 0.415 e. The van der Waals surface area contributed by atoms with Gasteiger partial charge in [0.05, 0.1) is 0 Å². The molecule has 3 rings (SSSR count). The summed E-state index contributed by atoms with van der Waals surface area (Å²) < 4.78 is 5.61. The zero-order valence-electron chi connectivity index (χ0n) is 11.6. The Hall–Kier alpha value is -3.28. The number of nitrogens with zero attached hydrogens (tertiary/aromatic N) is 3. The first-order valence-corrected chi connectivity index (χ1v) is 6.55. The second-order valence-electron chi connectivity index (χ2n) is 4.40. The number of carbonyl (C=O) groups excluding carboxylic acids is 1. The predicted octanol–water partition coefficient (Wildman–Crippen LogP) is 2.92. The van der Waals surface area contributed by atoms with Gasteiger partial charge in [0.1, 0.15) is 5.69 Å². The SMILES string of the molecule is C=CC(=O)Nc1ccc(-c2nnc(-c3ccccn3)o2)cc1. The maximum absolute atomic E-state index is 11.2. The molecule has 0 aliphatic heterocycles. The third-order valence-electron chi connectivity index (χ3n) is 2.89. The summed E-state index contributed by atoms with van der Waals surface area (Å²) >= 11 is 0. The van der Waals surface area contributed by atoms with Gasteiger partial charge in [0, 0.05) is 17.4 Å². The van der Waals surface area contributed by atoms with E-state index in [0.717, 1.165) is 5.56 Å². The van der Waals surface area contributed by atoms with Crippen LogP contribution in [0.4, 0.5) is 5.69 Å². The number of benzene rings is 1. The van der Waals surface area contributed by atoms with E-state index in [1.54, 1.807) is 36.5 Å². The zero-order valence-corrected chi connectivity index (χ0v) is 11.6. The van der Waals surface area contributed by atoms with Crippen LogP contribution in [0.2, 0.25) is 0 Å². The predicted molar refractivity (Wildman–Crippen MR) is 81.8 cm³/mol. The first-order chi connectivity index (χ1) is 10.8. The molecular weight excluding hydrogens is 280 g/mol. The van der Waals surface area contributed by atoms with E-state index in [2.05, 4.69) is 27.1 Å². The van der Waals surface area contributed by atoms with Gasteiger partial charge in [-0.05, 0) is 42.5 Å². The maximum Gasteiger partial charge on any atom is 0.266 e. The highest BCUT2D eigenvalue weighted by Crippen LogP contribution is 2.23. The summed E-state index contributed by atoms with van der Waals surface area (Å²) in [6.07, 6.45) is 2.88. The van der Waals surface area contributed by atoms with Gasteiger partial charge < -0.3 is 9.73 Å². The molecule has 0 saturated carbocycles. The summed E-state index contributed by atoms with van der Waals surface area (Å²) in [5.41, 5.74) is 2.04. The Labute approximate surface area is 126 Å². The van der Waals surface area contributed by atoms with E-state index in [1.165, 1.54) is 6.08 Å². The molecule has 1 amide bonds. The molecule has 3 aromatic rings. The Morgan fingerprint density at radius 1 is 1.09 bits per heavy atom. The lowest BCUT2D eigenvalue weighted by Gasteiger charge is -2.02. The molecule has 0 saturated heterocycles. The summed E-state index contributed by atoms with van der Waals surface area (Å²) in [5, 5.41) is 10.7. The van der Waals surface area contributed by atoms with Crippen molar-refractivity contribution in [1.29, 1.82) is 0 Å². The van der Waals surface area contributed by atoms with Crippen molar-refractivity contribution < 1.29 is 9.21 Å². The number of carbonyl (C=O) groups is 1. The van der Waals surface area contributed by atoms with E-state index in [1.807, 2.05) is 12.1 Å². The van der Waals surface area contributed by atoms with Gasteiger partial charge in [-0.25, -0.2) is 0 Å². The topological polar surface area (TPSA) is 80.9 Å². The van der Waals surface area contributed by atoms with Crippen molar-refractivity contribution in [1.82, 2.24) is 15.2 Å². The highest BCUT2D eigenvalue weighted by atomic mass is 16.4. The number of nitrogens with one attached hydrogen (secondary N) is 1. The highest BCUT2D eigenvalue weighted by Gasteiger charge is 2.11. The molecule has 6 nitrogen and oxygen atoms in total. The van der Waals surface area contributed by atoms with Gasteiger partial charge in [0.2, 0.25) is 11.8 Å². The molecule has 0 fully saturated rings. The van der Waals surface area contributed by atoms with Gasteiger partial charge in [0.15, 0.2) is 0 Å². The van der Waals surface area contributed by atoms with Crippen LogP contribution in [0.5, 0.6) is 0 Å². The minimum Gasteiger partial charge on any atom is -0.415 e. The van der Waals surface area contributed by atoms with Crippen molar-refractivity contribution in [3.05, 3.63) is 61.3 Å². The number of hydrogen-bond donors (Lipinski definition) is 1. The summed E-state index contributed by atoms with van der Waals surface area (Å²) in [6, 6.07) is 12.5. The van der Waals surface area contributed by atoms with Crippen LogP contribution in [-0.4, -0.2) is 21.1 Å². The van der Waals surface area contributed by atoms with Crippen LogP contribution in [0.15, 0.2) is 65.7 Å². The molecule has 0 bridgehead atoms. The standard InChI is InChI=1S/C16H12N4O2/c1-2-14(21)18-12-8-6-11(7-9-12)15-19-20-16(22-15)13-5-3-4-10-17-13/h2-10H,1H2,(H,18,21). The summed E-state index contributed by atoms with van der Waals surface area (Å²) in [7, 11) is 0. The van der Waals surface area contributed by atoms with E-state index in [-0.39, 0.29) is 5.91 Å². The lowest BCUT2D eigenvalue weighted by atomic mass is 10.2. The summed E-state index contributed by atoms with van der Waals surface area (Å²) in [4.78, 5) is 15.4. The molecule has 2 aromatic heterocycles. The van der Waals surface area contributed by atoms with Crippen LogP contribution in [0.3, 0.4) is 0 Å². The third kappa shape index (κ3) is 2.90. The van der Waals surface area contributed by atoms with Crippen LogP contribution in [0, 0.1) is 0 Å². The van der Waals surface area contributed by atoms with E-state index in [4.69, 9.17) is 4.42 Å². The van der Waals surface area contributed by atoms with Gasteiger partial charge in [-0.2, -0.15) is 0 Å². The molecule has 6 heteroatoms. The van der Waals surface area contributed by atoms with Crippen molar-refractivity contribution in [2.45, 2.75) is 0 Å².